The Morgan fingerprint density at radius 2 is 2.19 bits per heavy atom. The van der Waals surface area contributed by atoms with E-state index in [0.29, 0.717) is 18.2 Å². The Balaban J connectivity index is 1.79. The van der Waals surface area contributed by atoms with E-state index in [2.05, 4.69) is 17.2 Å². The van der Waals surface area contributed by atoms with E-state index in [1.807, 2.05) is 0 Å². The predicted octanol–water partition coefficient (Wildman–Crippen LogP) is 3.26. The molecule has 2 N–H and O–H groups in total. The smallest absolute Gasteiger partial charge is 0.274 e. The first-order chi connectivity index (χ1) is 13.0. The highest BCUT2D eigenvalue weighted by Gasteiger charge is 2.26. The molecular formula is C19H21FN2O4S. The summed E-state index contributed by atoms with van der Waals surface area (Å²) in [6.07, 6.45) is 0. The van der Waals surface area contributed by atoms with Gasteiger partial charge in [0.1, 0.15) is 11.3 Å². The summed E-state index contributed by atoms with van der Waals surface area (Å²) in [5.74, 6) is 0.305. The average molecular weight is 392 g/mol. The number of aromatic nitrogens is 1. The molecule has 1 aliphatic rings. The average Bonchev–Trinajstić information content (AvgIpc) is 2.68. The first-order valence-electron chi connectivity index (χ1n) is 8.51. The Morgan fingerprint density at radius 1 is 1.44 bits per heavy atom. The van der Waals surface area contributed by atoms with Gasteiger partial charge in [0.2, 0.25) is 0 Å². The Morgan fingerprint density at radius 3 is 2.81 bits per heavy atom. The van der Waals surface area contributed by atoms with Crippen molar-refractivity contribution >= 4 is 17.7 Å². The van der Waals surface area contributed by atoms with Gasteiger partial charge in [-0.3, -0.25) is 4.79 Å². The molecule has 0 spiro atoms. The monoisotopic (exact) mass is 392 g/mol. The van der Waals surface area contributed by atoms with Gasteiger partial charge >= 0.3 is 0 Å². The highest BCUT2D eigenvalue weighted by Crippen LogP contribution is 2.39. The van der Waals surface area contributed by atoms with Crippen LogP contribution in [0.1, 0.15) is 34.1 Å². The van der Waals surface area contributed by atoms with Crippen LogP contribution in [0.5, 0.6) is 11.5 Å². The number of hydrogen-bond donors (Lipinski definition) is 2. The van der Waals surface area contributed by atoms with E-state index >= 15 is 0 Å². The lowest BCUT2D eigenvalue weighted by Crippen LogP contribution is -2.25. The maximum Gasteiger partial charge on any atom is 0.274 e. The Hall–Kier alpha value is -2.32. The number of amides is 1. The molecule has 1 aromatic carbocycles. The Bertz CT molecular complexity index is 808. The minimum atomic E-state index is -0.550. The van der Waals surface area contributed by atoms with Crippen molar-refractivity contribution in [2.45, 2.75) is 18.9 Å². The number of rotatable bonds is 5. The van der Waals surface area contributed by atoms with Gasteiger partial charge in [0.25, 0.3) is 5.91 Å². The molecule has 0 aliphatic carbocycles. The van der Waals surface area contributed by atoms with Crippen molar-refractivity contribution < 1.29 is 23.8 Å². The highest BCUT2D eigenvalue weighted by atomic mass is 32.2. The SMILES string of the molecule is COc1cc(C2OCC(C)CS2)nc(C(=O)NCc2ccc(F)cc2)c1O. The summed E-state index contributed by atoms with van der Waals surface area (Å²) >= 11 is 1.59. The van der Waals surface area contributed by atoms with Crippen LogP contribution in [0.2, 0.25) is 0 Å². The summed E-state index contributed by atoms with van der Waals surface area (Å²) in [7, 11) is 1.41. The zero-order chi connectivity index (χ0) is 19.4. The van der Waals surface area contributed by atoms with Crippen LogP contribution in [-0.4, -0.2) is 35.5 Å². The van der Waals surface area contributed by atoms with Gasteiger partial charge in [0.15, 0.2) is 17.2 Å². The number of ether oxygens (including phenoxy) is 2. The number of carbonyl (C=O) groups is 1. The fourth-order valence-electron chi connectivity index (χ4n) is 2.61. The van der Waals surface area contributed by atoms with Crippen LogP contribution >= 0.6 is 11.8 Å². The van der Waals surface area contributed by atoms with Crippen LogP contribution in [-0.2, 0) is 11.3 Å². The zero-order valence-corrected chi connectivity index (χ0v) is 15.9. The minimum Gasteiger partial charge on any atom is -0.503 e. The third kappa shape index (κ3) is 4.70. The molecule has 3 rings (SSSR count). The molecule has 2 heterocycles. The number of thioether (sulfide) groups is 1. The lowest BCUT2D eigenvalue weighted by Gasteiger charge is -2.26. The number of aromatic hydroxyl groups is 1. The number of methoxy groups -OCH3 is 1. The van der Waals surface area contributed by atoms with Crippen molar-refractivity contribution in [2.24, 2.45) is 5.92 Å². The van der Waals surface area contributed by atoms with E-state index in [0.717, 1.165) is 11.3 Å². The molecule has 0 saturated carbocycles. The van der Waals surface area contributed by atoms with Gasteiger partial charge in [0.05, 0.1) is 19.4 Å². The quantitative estimate of drug-likeness (QED) is 0.813. The van der Waals surface area contributed by atoms with Crippen molar-refractivity contribution in [3.05, 3.63) is 53.1 Å². The van der Waals surface area contributed by atoms with Gasteiger partial charge in [-0.05, 0) is 23.6 Å². The van der Waals surface area contributed by atoms with E-state index in [1.165, 1.54) is 19.2 Å². The third-order valence-corrected chi connectivity index (χ3v) is 5.53. The van der Waals surface area contributed by atoms with Crippen molar-refractivity contribution in [3.8, 4) is 11.5 Å². The number of carbonyl (C=O) groups excluding carboxylic acids is 1. The first kappa shape index (κ1) is 19.4. The molecule has 1 aliphatic heterocycles. The van der Waals surface area contributed by atoms with Crippen LogP contribution in [0, 0.1) is 11.7 Å². The summed E-state index contributed by atoms with van der Waals surface area (Å²) in [4.78, 5) is 16.9. The first-order valence-corrected chi connectivity index (χ1v) is 9.56. The van der Waals surface area contributed by atoms with Crippen molar-refractivity contribution in [1.82, 2.24) is 10.3 Å². The molecule has 144 valence electrons. The van der Waals surface area contributed by atoms with Crippen molar-refractivity contribution in [1.29, 1.82) is 0 Å². The number of pyridine rings is 1. The highest BCUT2D eigenvalue weighted by molar-refractivity contribution is 7.99. The van der Waals surface area contributed by atoms with Crippen LogP contribution in [0.25, 0.3) is 0 Å². The predicted molar refractivity (Wildman–Crippen MR) is 100 cm³/mol. The number of nitrogens with zero attached hydrogens (tertiary/aromatic N) is 1. The summed E-state index contributed by atoms with van der Waals surface area (Å²) in [5, 5.41) is 13.0. The van der Waals surface area contributed by atoms with Gasteiger partial charge in [-0.1, -0.05) is 19.1 Å². The molecular weight excluding hydrogens is 371 g/mol. The topological polar surface area (TPSA) is 80.7 Å². The van der Waals surface area contributed by atoms with E-state index < -0.39 is 5.91 Å². The molecule has 1 amide bonds. The van der Waals surface area contributed by atoms with Crippen LogP contribution < -0.4 is 10.1 Å². The summed E-state index contributed by atoms with van der Waals surface area (Å²) in [6, 6.07) is 7.37. The summed E-state index contributed by atoms with van der Waals surface area (Å²) in [5.41, 5.74) is 0.801. The number of halogens is 1. The van der Waals surface area contributed by atoms with Crippen LogP contribution in [0.3, 0.4) is 0 Å². The fraction of sp³-hybridized carbons (Fsp3) is 0.368. The van der Waals surface area contributed by atoms with Crippen LogP contribution in [0.15, 0.2) is 30.3 Å². The molecule has 6 nitrogen and oxygen atoms in total. The second kappa shape index (κ2) is 8.58. The zero-order valence-electron chi connectivity index (χ0n) is 15.1. The maximum atomic E-state index is 13.0. The summed E-state index contributed by atoms with van der Waals surface area (Å²) in [6.45, 7) is 2.88. The molecule has 1 fully saturated rings. The molecule has 27 heavy (non-hydrogen) atoms. The summed E-state index contributed by atoms with van der Waals surface area (Å²) < 4.78 is 23.9. The maximum absolute atomic E-state index is 13.0. The molecule has 2 atom stereocenters. The van der Waals surface area contributed by atoms with Crippen molar-refractivity contribution in [2.75, 3.05) is 19.5 Å². The Kier molecular flexibility index (Phi) is 6.18. The largest absolute Gasteiger partial charge is 0.503 e. The van der Waals surface area contributed by atoms with Crippen LogP contribution in [0.4, 0.5) is 4.39 Å². The molecule has 1 aromatic heterocycles. The van der Waals surface area contributed by atoms with Gasteiger partial charge in [-0.2, -0.15) is 0 Å². The molecule has 2 aromatic rings. The lowest BCUT2D eigenvalue weighted by atomic mass is 10.2. The van der Waals surface area contributed by atoms with Gasteiger partial charge in [-0.25, -0.2) is 9.37 Å². The van der Waals surface area contributed by atoms with E-state index in [9.17, 15) is 14.3 Å². The fourth-order valence-corrected chi connectivity index (χ4v) is 3.67. The van der Waals surface area contributed by atoms with Gasteiger partial charge in [0, 0.05) is 18.4 Å². The molecule has 1 saturated heterocycles. The van der Waals surface area contributed by atoms with Gasteiger partial charge < -0.3 is 19.9 Å². The molecule has 0 bridgehead atoms. The lowest BCUT2D eigenvalue weighted by molar-refractivity contribution is 0.0783. The second-order valence-electron chi connectivity index (χ2n) is 6.36. The second-order valence-corrected chi connectivity index (χ2v) is 7.45. The third-order valence-electron chi connectivity index (χ3n) is 4.08. The minimum absolute atomic E-state index is 0.130. The normalized spacial score (nSPS) is 19.5. The van der Waals surface area contributed by atoms with E-state index in [4.69, 9.17) is 9.47 Å². The van der Waals surface area contributed by atoms with Gasteiger partial charge in [-0.15, -0.1) is 11.8 Å². The standard InChI is InChI=1S/C19H21FN2O4S/c1-11-9-26-19(27-10-11)14-7-15(25-2)17(23)16(22-14)18(24)21-8-12-3-5-13(20)6-4-12/h3-7,11,19,23H,8-10H2,1-2H3,(H,21,24). The molecule has 2 unspecified atom stereocenters. The molecule has 8 heteroatoms. The number of benzene rings is 1. The van der Waals surface area contributed by atoms with Crippen molar-refractivity contribution in [3.63, 3.8) is 0 Å². The Labute approximate surface area is 161 Å². The molecule has 0 radical (unpaired) electrons. The number of hydrogen-bond acceptors (Lipinski definition) is 6. The van der Waals surface area contributed by atoms with E-state index in [-0.39, 0.29) is 35.0 Å². The van der Waals surface area contributed by atoms with E-state index in [1.54, 1.807) is 30.0 Å². The number of nitrogens with one attached hydrogen (secondary N) is 1.